The van der Waals surface area contributed by atoms with E-state index >= 15 is 0 Å². The average Bonchev–Trinajstić information content (AvgIpc) is 2.74. The van der Waals surface area contributed by atoms with Crippen molar-refractivity contribution in [3.05, 3.63) is 53.6 Å². The zero-order valence-corrected chi connectivity index (χ0v) is 19.0. The van der Waals surface area contributed by atoms with Gasteiger partial charge < -0.3 is 14.8 Å². The Morgan fingerprint density at radius 2 is 1.73 bits per heavy atom. The van der Waals surface area contributed by atoms with Gasteiger partial charge in [0.05, 0.1) is 32.2 Å². The van der Waals surface area contributed by atoms with Crippen LogP contribution in [-0.2, 0) is 21.2 Å². The predicted octanol–water partition coefficient (Wildman–Crippen LogP) is 3.30. The van der Waals surface area contributed by atoms with Gasteiger partial charge in [-0.25, -0.2) is 8.42 Å². The summed E-state index contributed by atoms with van der Waals surface area (Å²) in [5.74, 6) is 0.784. The Kier molecular flexibility index (Phi) is 8.11. The molecule has 164 valence electrons. The van der Waals surface area contributed by atoms with Crippen LogP contribution in [0.2, 0.25) is 0 Å². The summed E-state index contributed by atoms with van der Waals surface area (Å²) in [6.45, 7) is 3.60. The van der Waals surface area contributed by atoms with Gasteiger partial charge in [0.25, 0.3) is 0 Å². The molecule has 2 aromatic carbocycles. The van der Waals surface area contributed by atoms with Gasteiger partial charge in [-0.05, 0) is 42.2 Å². The Bertz CT molecular complexity index is 975. The van der Waals surface area contributed by atoms with Crippen molar-refractivity contribution < 1.29 is 22.7 Å². The Morgan fingerprint density at radius 1 is 1.07 bits per heavy atom. The summed E-state index contributed by atoms with van der Waals surface area (Å²) in [4.78, 5) is 12.8. The lowest BCUT2D eigenvalue weighted by Crippen LogP contribution is -2.41. The third-order valence-electron chi connectivity index (χ3n) is 4.88. The van der Waals surface area contributed by atoms with Crippen molar-refractivity contribution in [2.75, 3.05) is 31.3 Å². The molecular weight excluding hydrogens is 404 g/mol. The molecule has 0 saturated carbocycles. The van der Waals surface area contributed by atoms with Crippen LogP contribution in [0.15, 0.2) is 42.5 Å². The summed E-state index contributed by atoms with van der Waals surface area (Å²) in [5, 5.41) is 2.94. The molecule has 0 aromatic heterocycles. The van der Waals surface area contributed by atoms with Gasteiger partial charge in [0.1, 0.15) is 6.54 Å². The smallest absolute Gasteiger partial charge is 0.241 e. The maximum atomic E-state index is 12.8. The molecule has 2 aromatic rings. The standard InChI is InChI=1S/C22H30N2O5S/c1-6-16-10-8-9-11-19(16)24(30(5,26)27)15-22(25)23-18(7-2)17-12-13-20(28-3)21(14-17)29-4/h8-14,18H,6-7,15H2,1-5H3,(H,23,25). The third-order valence-corrected chi connectivity index (χ3v) is 6.01. The van der Waals surface area contributed by atoms with Crippen molar-refractivity contribution in [2.45, 2.75) is 32.7 Å². The van der Waals surface area contributed by atoms with E-state index in [1.807, 2.05) is 38.1 Å². The van der Waals surface area contributed by atoms with Gasteiger partial charge in [-0.1, -0.05) is 38.1 Å². The summed E-state index contributed by atoms with van der Waals surface area (Å²) in [5.41, 5.74) is 2.24. The first-order chi connectivity index (χ1) is 14.2. The fraction of sp³-hybridized carbons (Fsp3) is 0.409. The number of methoxy groups -OCH3 is 2. The van der Waals surface area contributed by atoms with Crippen LogP contribution in [0, 0.1) is 0 Å². The van der Waals surface area contributed by atoms with Crippen molar-refractivity contribution in [1.82, 2.24) is 5.32 Å². The molecule has 1 N–H and O–H groups in total. The lowest BCUT2D eigenvalue weighted by Gasteiger charge is -2.26. The van der Waals surface area contributed by atoms with Crippen molar-refractivity contribution >= 4 is 21.6 Å². The number of hydrogen-bond acceptors (Lipinski definition) is 5. The minimum Gasteiger partial charge on any atom is -0.493 e. The number of benzene rings is 2. The van der Waals surface area contributed by atoms with Crippen LogP contribution in [0.5, 0.6) is 11.5 Å². The zero-order chi connectivity index (χ0) is 22.3. The van der Waals surface area contributed by atoms with E-state index in [1.165, 1.54) is 0 Å². The molecule has 0 fully saturated rings. The lowest BCUT2D eigenvalue weighted by atomic mass is 10.0. The molecule has 0 spiro atoms. The molecule has 8 heteroatoms. The normalized spacial score (nSPS) is 12.2. The van der Waals surface area contributed by atoms with Crippen molar-refractivity contribution in [1.29, 1.82) is 0 Å². The third kappa shape index (κ3) is 5.66. The summed E-state index contributed by atoms with van der Waals surface area (Å²) in [7, 11) is -0.525. The molecule has 0 aliphatic carbocycles. The first-order valence-corrected chi connectivity index (χ1v) is 11.7. The largest absolute Gasteiger partial charge is 0.493 e. The molecular formula is C22H30N2O5S. The topological polar surface area (TPSA) is 84.9 Å². The minimum atomic E-state index is -3.64. The maximum Gasteiger partial charge on any atom is 0.241 e. The van der Waals surface area contributed by atoms with Crippen molar-refractivity contribution in [2.24, 2.45) is 0 Å². The van der Waals surface area contributed by atoms with E-state index in [4.69, 9.17) is 9.47 Å². The summed E-state index contributed by atoms with van der Waals surface area (Å²) < 4.78 is 36.6. The highest BCUT2D eigenvalue weighted by molar-refractivity contribution is 7.92. The molecule has 1 unspecified atom stereocenters. The van der Waals surface area contributed by atoms with Gasteiger partial charge in [0.2, 0.25) is 15.9 Å². The SMILES string of the molecule is CCc1ccccc1N(CC(=O)NC(CC)c1ccc(OC)c(OC)c1)S(C)(=O)=O. The van der Waals surface area contributed by atoms with Gasteiger partial charge in [-0.3, -0.25) is 9.10 Å². The highest BCUT2D eigenvalue weighted by Gasteiger charge is 2.24. The highest BCUT2D eigenvalue weighted by atomic mass is 32.2. The van der Waals surface area contributed by atoms with E-state index in [-0.39, 0.29) is 18.5 Å². The second kappa shape index (κ2) is 10.3. The number of carbonyl (C=O) groups excluding carboxylic acids is 1. The molecule has 1 amide bonds. The number of ether oxygens (including phenoxy) is 2. The first-order valence-electron chi connectivity index (χ1n) is 9.82. The number of rotatable bonds is 10. The van der Waals surface area contributed by atoms with Gasteiger partial charge in [-0.2, -0.15) is 0 Å². The number of nitrogens with one attached hydrogen (secondary N) is 1. The van der Waals surface area contributed by atoms with Gasteiger partial charge >= 0.3 is 0 Å². The molecule has 1 atom stereocenters. The van der Waals surface area contributed by atoms with E-state index in [1.54, 1.807) is 32.4 Å². The molecule has 0 bridgehead atoms. The van der Waals surface area contributed by atoms with Crippen LogP contribution in [-0.4, -0.2) is 41.3 Å². The number of hydrogen-bond donors (Lipinski definition) is 1. The number of aryl methyl sites for hydroxylation is 1. The maximum absolute atomic E-state index is 12.8. The van der Waals surface area contributed by atoms with E-state index in [0.717, 1.165) is 21.7 Å². The lowest BCUT2D eigenvalue weighted by molar-refractivity contribution is -0.120. The number of anilines is 1. The second-order valence-electron chi connectivity index (χ2n) is 6.89. The Balaban J connectivity index is 2.26. The summed E-state index contributed by atoms with van der Waals surface area (Å²) in [6, 6.07) is 12.4. The van der Waals surface area contributed by atoms with Gasteiger partial charge in [0.15, 0.2) is 11.5 Å². The van der Waals surface area contributed by atoms with Crippen LogP contribution in [0.25, 0.3) is 0 Å². The average molecular weight is 435 g/mol. The molecule has 0 aliphatic heterocycles. The van der Waals surface area contributed by atoms with Crippen LogP contribution in [0.4, 0.5) is 5.69 Å². The Labute approximate surface area is 179 Å². The zero-order valence-electron chi connectivity index (χ0n) is 18.1. The van der Waals surface area contributed by atoms with E-state index in [2.05, 4.69) is 5.32 Å². The monoisotopic (exact) mass is 434 g/mol. The number of nitrogens with zero attached hydrogens (tertiary/aromatic N) is 1. The van der Waals surface area contributed by atoms with E-state index in [0.29, 0.717) is 30.0 Å². The quantitative estimate of drug-likeness (QED) is 0.620. The molecule has 30 heavy (non-hydrogen) atoms. The number of carbonyl (C=O) groups is 1. The van der Waals surface area contributed by atoms with Gasteiger partial charge in [-0.15, -0.1) is 0 Å². The van der Waals surface area contributed by atoms with Crippen molar-refractivity contribution in [3.8, 4) is 11.5 Å². The minimum absolute atomic E-state index is 0.292. The van der Waals surface area contributed by atoms with Crippen molar-refractivity contribution in [3.63, 3.8) is 0 Å². The molecule has 0 saturated heterocycles. The predicted molar refractivity (Wildman–Crippen MR) is 119 cm³/mol. The summed E-state index contributed by atoms with van der Waals surface area (Å²) in [6.07, 6.45) is 2.40. The number of para-hydroxylation sites is 1. The molecule has 0 aliphatic rings. The Hall–Kier alpha value is -2.74. The van der Waals surface area contributed by atoms with Gasteiger partial charge in [0, 0.05) is 0 Å². The molecule has 0 radical (unpaired) electrons. The second-order valence-corrected chi connectivity index (χ2v) is 8.80. The number of sulfonamides is 1. The molecule has 7 nitrogen and oxygen atoms in total. The summed E-state index contributed by atoms with van der Waals surface area (Å²) >= 11 is 0. The highest BCUT2D eigenvalue weighted by Crippen LogP contribution is 2.31. The Morgan fingerprint density at radius 3 is 2.30 bits per heavy atom. The first kappa shape index (κ1) is 23.5. The van der Waals surface area contributed by atoms with Crippen LogP contribution in [0.1, 0.15) is 37.4 Å². The van der Waals surface area contributed by atoms with E-state index < -0.39 is 10.0 Å². The van der Waals surface area contributed by atoms with Crippen LogP contribution >= 0.6 is 0 Å². The van der Waals surface area contributed by atoms with Crippen LogP contribution < -0.4 is 19.1 Å². The fourth-order valence-corrected chi connectivity index (χ4v) is 4.18. The fourth-order valence-electron chi connectivity index (χ4n) is 3.30. The molecule has 0 heterocycles. The molecule has 2 rings (SSSR count). The number of amides is 1. The van der Waals surface area contributed by atoms with Crippen LogP contribution in [0.3, 0.4) is 0 Å². The van der Waals surface area contributed by atoms with E-state index in [9.17, 15) is 13.2 Å².